The van der Waals surface area contributed by atoms with E-state index in [1.165, 1.54) is 0 Å². The van der Waals surface area contributed by atoms with Gasteiger partial charge in [-0.25, -0.2) is 0 Å². The van der Waals surface area contributed by atoms with Gasteiger partial charge in [-0.15, -0.1) is 6.58 Å². The van der Waals surface area contributed by atoms with Gasteiger partial charge in [0.15, 0.2) is 8.32 Å². The Morgan fingerprint density at radius 2 is 1.89 bits per heavy atom. The molecule has 0 aliphatic carbocycles. The predicted octanol–water partition coefficient (Wildman–Crippen LogP) is 3.68. The van der Waals surface area contributed by atoms with Gasteiger partial charge < -0.3 is 9.53 Å². The van der Waals surface area contributed by atoms with Crippen LogP contribution in [0.25, 0.3) is 0 Å². The molecule has 0 radical (unpaired) electrons. The van der Waals surface area contributed by atoms with Crippen LogP contribution in [0.2, 0.25) is 18.1 Å². The maximum Gasteiger partial charge on any atom is 0.192 e. The molecule has 19 heavy (non-hydrogen) atoms. The summed E-state index contributed by atoms with van der Waals surface area (Å²) in [5, 5.41) is 9.72. The van der Waals surface area contributed by atoms with E-state index in [0.717, 1.165) is 0 Å². The number of rotatable bonds is 8. The van der Waals surface area contributed by atoms with E-state index in [1.807, 2.05) is 6.92 Å². The molecule has 0 bridgehead atoms. The van der Waals surface area contributed by atoms with Crippen molar-refractivity contribution in [1.29, 1.82) is 0 Å². The van der Waals surface area contributed by atoms with Crippen LogP contribution in [-0.2, 0) is 9.22 Å². The van der Waals surface area contributed by atoms with Crippen LogP contribution in [0.5, 0.6) is 0 Å². The van der Waals surface area contributed by atoms with Gasteiger partial charge in [0.2, 0.25) is 0 Å². The van der Waals surface area contributed by atoms with Crippen molar-refractivity contribution in [3.8, 4) is 0 Å². The van der Waals surface area contributed by atoms with Crippen molar-refractivity contribution in [2.24, 2.45) is 0 Å². The fourth-order valence-corrected chi connectivity index (χ4v) is 3.11. The molecule has 0 aliphatic rings. The lowest BCUT2D eigenvalue weighted by molar-refractivity contribution is -0.122. The fourth-order valence-electron chi connectivity index (χ4n) is 1.66. The Morgan fingerprint density at radius 3 is 2.32 bits per heavy atom. The lowest BCUT2D eigenvalue weighted by atomic mass is 10.1. The highest BCUT2D eigenvalue weighted by molar-refractivity contribution is 6.74. The summed E-state index contributed by atoms with van der Waals surface area (Å²) in [6.45, 7) is 16.4. The van der Waals surface area contributed by atoms with Gasteiger partial charge in [0.05, 0.1) is 6.10 Å². The molecule has 0 aromatic carbocycles. The smallest absolute Gasteiger partial charge is 0.192 e. The second kappa shape index (κ2) is 7.36. The first-order valence-corrected chi connectivity index (χ1v) is 9.89. The molecule has 0 heterocycles. The van der Waals surface area contributed by atoms with Gasteiger partial charge in [-0.1, -0.05) is 26.8 Å². The van der Waals surface area contributed by atoms with Crippen LogP contribution >= 0.6 is 0 Å². The quantitative estimate of drug-likeness (QED) is 0.547. The maximum absolute atomic E-state index is 11.8. The third kappa shape index (κ3) is 7.04. The van der Waals surface area contributed by atoms with Crippen LogP contribution in [-0.4, -0.2) is 31.4 Å². The molecule has 0 rings (SSSR count). The van der Waals surface area contributed by atoms with Gasteiger partial charge in [0, 0.05) is 18.9 Å². The summed E-state index contributed by atoms with van der Waals surface area (Å²) in [6.07, 6.45) is 1.98. The summed E-state index contributed by atoms with van der Waals surface area (Å²) in [5.74, 6) is 0.0561. The first-order valence-electron chi connectivity index (χ1n) is 6.98. The molecule has 0 spiro atoms. The first kappa shape index (κ1) is 18.5. The number of Topliss-reactive ketones (excluding diaryl/α,β-unsaturated/α-hetero) is 1. The minimum atomic E-state index is -1.82. The molecule has 0 aliphatic heterocycles. The van der Waals surface area contributed by atoms with Crippen molar-refractivity contribution in [1.82, 2.24) is 0 Å². The van der Waals surface area contributed by atoms with Crippen molar-refractivity contribution in [2.45, 2.75) is 77.3 Å². The summed E-state index contributed by atoms with van der Waals surface area (Å²) in [6, 6.07) is 0. The van der Waals surface area contributed by atoms with E-state index >= 15 is 0 Å². The van der Waals surface area contributed by atoms with Crippen LogP contribution < -0.4 is 0 Å². The molecule has 0 fully saturated rings. The molecule has 3 nitrogen and oxygen atoms in total. The van der Waals surface area contributed by atoms with Crippen LogP contribution in [0.4, 0.5) is 0 Å². The van der Waals surface area contributed by atoms with Crippen molar-refractivity contribution < 1.29 is 14.3 Å². The Bertz CT molecular complexity index is 305. The van der Waals surface area contributed by atoms with E-state index in [4.69, 9.17) is 4.43 Å². The molecule has 0 aromatic heterocycles. The van der Waals surface area contributed by atoms with Gasteiger partial charge in [-0.3, -0.25) is 4.79 Å². The van der Waals surface area contributed by atoms with E-state index in [9.17, 15) is 9.90 Å². The maximum atomic E-state index is 11.8. The summed E-state index contributed by atoms with van der Waals surface area (Å²) in [5.41, 5.74) is 0. The topological polar surface area (TPSA) is 46.5 Å². The molecule has 0 unspecified atom stereocenters. The lowest BCUT2D eigenvalue weighted by Gasteiger charge is -2.38. The minimum Gasteiger partial charge on any atom is -0.414 e. The summed E-state index contributed by atoms with van der Waals surface area (Å²) >= 11 is 0. The Kier molecular flexibility index (Phi) is 7.19. The highest BCUT2D eigenvalue weighted by Gasteiger charge is 2.38. The van der Waals surface area contributed by atoms with Crippen molar-refractivity contribution in [2.75, 3.05) is 0 Å². The number of carbonyl (C=O) groups is 1. The monoisotopic (exact) mass is 286 g/mol. The fraction of sp³-hybridized carbons (Fsp3) is 0.800. The molecule has 0 saturated carbocycles. The van der Waals surface area contributed by atoms with E-state index < -0.39 is 14.4 Å². The molecular weight excluding hydrogens is 256 g/mol. The second-order valence-corrected chi connectivity index (χ2v) is 11.6. The van der Waals surface area contributed by atoms with Crippen LogP contribution in [0.3, 0.4) is 0 Å². The highest BCUT2D eigenvalue weighted by Crippen LogP contribution is 2.37. The molecule has 112 valence electrons. The van der Waals surface area contributed by atoms with Gasteiger partial charge in [0.25, 0.3) is 0 Å². The van der Waals surface area contributed by atoms with Gasteiger partial charge in [0.1, 0.15) is 5.78 Å². The second-order valence-electron chi connectivity index (χ2n) is 6.81. The van der Waals surface area contributed by atoms with Gasteiger partial charge in [-0.2, -0.15) is 0 Å². The molecule has 0 amide bonds. The number of ketones is 1. The van der Waals surface area contributed by atoms with Crippen LogP contribution in [0.1, 0.15) is 47.0 Å². The Hall–Kier alpha value is -0.453. The van der Waals surface area contributed by atoms with E-state index in [1.54, 1.807) is 6.08 Å². The van der Waals surface area contributed by atoms with Crippen molar-refractivity contribution in [3.63, 3.8) is 0 Å². The van der Waals surface area contributed by atoms with Crippen LogP contribution in [0.15, 0.2) is 12.7 Å². The lowest BCUT2D eigenvalue weighted by Crippen LogP contribution is -2.43. The molecule has 4 heteroatoms. The third-order valence-electron chi connectivity index (χ3n) is 3.72. The largest absolute Gasteiger partial charge is 0.414 e. The molecule has 0 saturated heterocycles. The minimum absolute atomic E-state index is 0.0561. The summed E-state index contributed by atoms with van der Waals surface area (Å²) in [4.78, 5) is 11.8. The van der Waals surface area contributed by atoms with E-state index in [-0.39, 0.29) is 23.3 Å². The Morgan fingerprint density at radius 1 is 1.37 bits per heavy atom. The third-order valence-corrected chi connectivity index (χ3v) is 8.32. The number of carbonyl (C=O) groups excluding carboxylic acids is 1. The summed E-state index contributed by atoms with van der Waals surface area (Å²) in [7, 11) is -1.82. The molecule has 1 N–H and O–H groups in total. The Labute approximate surface area is 119 Å². The first-order chi connectivity index (χ1) is 8.49. The molecule has 0 aromatic rings. The SMILES string of the molecule is C=CC[C@@H](O)CC(=O)C[C@H](C)O[Si](C)(C)C(C)(C)C. The predicted molar refractivity (Wildman–Crippen MR) is 82.8 cm³/mol. The average Bonchev–Trinajstić information content (AvgIpc) is 2.13. The normalized spacial score (nSPS) is 15.9. The van der Waals surface area contributed by atoms with E-state index in [2.05, 4.69) is 40.4 Å². The van der Waals surface area contributed by atoms with E-state index in [0.29, 0.717) is 12.8 Å². The average molecular weight is 286 g/mol. The van der Waals surface area contributed by atoms with Crippen LogP contribution in [0, 0.1) is 0 Å². The zero-order valence-electron chi connectivity index (χ0n) is 13.3. The highest BCUT2D eigenvalue weighted by atomic mass is 28.4. The standard InChI is InChI=1S/C15H30O3Si/c1-8-9-13(16)11-14(17)10-12(2)18-19(6,7)15(3,4)5/h8,12-13,16H,1,9-11H2,2-7H3/t12-,13+/m0/s1. The van der Waals surface area contributed by atoms with Crippen molar-refractivity contribution >= 4 is 14.1 Å². The van der Waals surface area contributed by atoms with Gasteiger partial charge in [-0.05, 0) is 31.5 Å². The zero-order chi connectivity index (χ0) is 15.3. The molecule has 2 atom stereocenters. The zero-order valence-corrected chi connectivity index (χ0v) is 14.3. The summed E-state index contributed by atoms with van der Waals surface area (Å²) < 4.78 is 6.13. The number of aliphatic hydroxyl groups excluding tert-OH is 1. The Balaban J connectivity index is 4.28. The van der Waals surface area contributed by atoms with Crippen molar-refractivity contribution in [3.05, 3.63) is 12.7 Å². The number of hydrogen-bond donors (Lipinski definition) is 1. The van der Waals surface area contributed by atoms with Gasteiger partial charge >= 0.3 is 0 Å². The molecular formula is C15H30O3Si. The number of aliphatic hydroxyl groups is 1. The number of hydrogen-bond acceptors (Lipinski definition) is 3.